The fourth-order valence-electron chi connectivity index (χ4n) is 3.47. The molecule has 3 heterocycles. The maximum atomic E-state index is 13.0. The number of pyridine rings is 1. The highest BCUT2D eigenvalue weighted by atomic mass is 32.2. The third-order valence-electron chi connectivity index (χ3n) is 4.85. The van der Waals surface area contributed by atoms with Crippen molar-refractivity contribution in [1.29, 1.82) is 0 Å². The molecule has 2 amide bonds. The number of nitrogens with one attached hydrogen (secondary N) is 2. The van der Waals surface area contributed by atoms with Crippen LogP contribution in [0.4, 0.5) is 5.82 Å². The number of esters is 2. The molecule has 0 bridgehead atoms. The van der Waals surface area contributed by atoms with Gasteiger partial charge in [-0.3, -0.25) is 24.1 Å². The lowest BCUT2D eigenvalue weighted by Crippen LogP contribution is -2.71. The molecule has 0 unspecified atom stereocenters. The van der Waals surface area contributed by atoms with Gasteiger partial charge in [-0.25, -0.2) is 15.3 Å². The quantitative estimate of drug-likeness (QED) is 0.309. The van der Waals surface area contributed by atoms with Crippen LogP contribution in [0, 0.1) is 0 Å². The summed E-state index contributed by atoms with van der Waals surface area (Å²) in [6.45, 7) is 6.30. The summed E-state index contributed by atoms with van der Waals surface area (Å²) in [5, 5.41) is 2.27. The van der Waals surface area contributed by atoms with Gasteiger partial charge in [0.1, 0.15) is 29.3 Å². The summed E-state index contributed by atoms with van der Waals surface area (Å²) in [4.78, 5) is 60.3. The molecule has 2 aliphatic heterocycles. The van der Waals surface area contributed by atoms with E-state index >= 15 is 0 Å². The van der Waals surface area contributed by atoms with Crippen molar-refractivity contribution in [1.82, 2.24) is 15.2 Å². The number of thioether (sulfide) groups is 1. The van der Waals surface area contributed by atoms with Crippen LogP contribution >= 0.6 is 11.8 Å². The van der Waals surface area contributed by atoms with Gasteiger partial charge >= 0.3 is 11.9 Å². The first-order valence-electron chi connectivity index (χ1n) is 10.6. The Morgan fingerprint density at radius 1 is 1.29 bits per heavy atom. The smallest absolute Gasteiger partial charge is 0.355 e. The van der Waals surface area contributed by atoms with E-state index in [1.54, 1.807) is 39.1 Å². The summed E-state index contributed by atoms with van der Waals surface area (Å²) in [6, 6.07) is 2.61. The molecule has 184 valence electrons. The molecule has 0 aromatic carbocycles. The van der Waals surface area contributed by atoms with Crippen LogP contribution in [-0.4, -0.2) is 70.1 Å². The van der Waals surface area contributed by atoms with Crippen molar-refractivity contribution >= 4 is 41.3 Å². The number of carbonyl (C=O) groups is 4. The molecule has 0 aliphatic carbocycles. The number of carbonyl (C=O) groups excluding carboxylic acids is 4. The standard InChI is InChI=1S/C22H28N4O7S/c1-12(27)32-10-14-11-34-20-16(19(29)26(20)17(14)21(30)33-22(2,3)4)24-15(28)9-13-7-6-8-23-18(13)25-31-5/h6-8,16,20H,9-11H2,1-5H3,(H,23,25)(H,24,28)/t16-,20-/m1/s1. The highest BCUT2D eigenvalue weighted by Gasteiger charge is 2.54. The summed E-state index contributed by atoms with van der Waals surface area (Å²) in [5.74, 6) is -1.25. The number of ether oxygens (including phenoxy) is 2. The summed E-state index contributed by atoms with van der Waals surface area (Å²) in [6.07, 6.45) is 1.54. The maximum Gasteiger partial charge on any atom is 0.355 e. The number of nitrogens with zero attached hydrogens (tertiary/aromatic N) is 2. The second-order valence-corrected chi connectivity index (χ2v) is 9.79. The van der Waals surface area contributed by atoms with Crippen molar-refractivity contribution < 1.29 is 33.5 Å². The van der Waals surface area contributed by atoms with Crippen LogP contribution in [0.15, 0.2) is 29.6 Å². The van der Waals surface area contributed by atoms with E-state index in [1.165, 1.54) is 30.7 Å². The molecule has 1 aromatic heterocycles. The Kier molecular flexibility index (Phi) is 7.82. The van der Waals surface area contributed by atoms with Crippen LogP contribution in [-0.2, 0) is 39.9 Å². The normalized spacial score (nSPS) is 19.7. The molecule has 34 heavy (non-hydrogen) atoms. The van der Waals surface area contributed by atoms with Crippen LogP contribution in [0.25, 0.3) is 0 Å². The number of fused-ring (bicyclic) bond motifs is 1. The molecule has 2 atom stereocenters. The average Bonchev–Trinajstić information content (AvgIpc) is 2.75. The number of amides is 2. The lowest BCUT2D eigenvalue weighted by molar-refractivity contribution is -0.159. The minimum Gasteiger partial charge on any atom is -0.461 e. The van der Waals surface area contributed by atoms with E-state index in [9.17, 15) is 19.2 Å². The maximum absolute atomic E-state index is 13.0. The highest BCUT2D eigenvalue weighted by Crippen LogP contribution is 2.41. The number of hydrogen-bond acceptors (Lipinski definition) is 10. The second-order valence-electron chi connectivity index (χ2n) is 8.68. The first-order chi connectivity index (χ1) is 16.0. The fourth-order valence-corrected chi connectivity index (χ4v) is 4.79. The fraction of sp³-hybridized carbons (Fsp3) is 0.500. The van der Waals surface area contributed by atoms with Crippen LogP contribution in [0.1, 0.15) is 33.3 Å². The van der Waals surface area contributed by atoms with E-state index in [-0.39, 0.29) is 24.6 Å². The SMILES string of the molecule is CONc1ncccc1CC(=O)N[C@@H]1C(=O)N2C(C(=O)OC(C)(C)C)=C(COC(C)=O)CS[C@H]12. The zero-order valence-electron chi connectivity index (χ0n) is 19.7. The molecule has 2 aliphatic rings. The predicted octanol–water partition coefficient (Wildman–Crippen LogP) is 1.16. The minimum absolute atomic E-state index is 0.0207. The van der Waals surface area contributed by atoms with Gasteiger partial charge in [0, 0.05) is 30.0 Å². The first kappa shape index (κ1) is 25.5. The first-order valence-corrected chi connectivity index (χ1v) is 11.6. The Morgan fingerprint density at radius 2 is 2.03 bits per heavy atom. The van der Waals surface area contributed by atoms with Gasteiger partial charge in [-0.1, -0.05) is 6.07 Å². The number of aromatic nitrogens is 1. The van der Waals surface area contributed by atoms with Crippen molar-refractivity contribution in [3.05, 3.63) is 35.2 Å². The molecule has 1 aromatic rings. The van der Waals surface area contributed by atoms with E-state index in [4.69, 9.17) is 14.3 Å². The van der Waals surface area contributed by atoms with Gasteiger partial charge in [0.05, 0.1) is 13.5 Å². The molecule has 11 nitrogen and oxygen atoms in total. The largest absolute Gasteiger partial charge is 0.461 e. The van der Waals surface area contributed by atoms with E-state index in [0.29, 0.717) is 22.7 Å². The van der Waals surface area contributed by atoms with Gasteiger partial charge < -0.3 is 14.8 Å². The van der Waals surface area contributed by atoms with Crippen molar-refractivity contribution in [2.45, 2.75) is 51.1 Å². The third kappa shape index (κ3) is 5.86. The Morgan fingerprint density at radius 3 is 2.68 bits per heavy atom. The molecule has 1 fully saturated rings. The van der Waals surface area contributed by atoms with Crippen molar-refractivity contribution in [2.75, 3.05) is 24.9 Å². The molecule has 0 spiro atoms. The van der Waals surface area contributed by atoms with Crippen molar-refractivity contribution in [3.63, 3.8) is 0 Å². The summed E-state index contributed by atoms with van der Waals surface area (Å²) in [7, 11) is 1.44. The summed E-state index contributed by atoms with van der Waals surface area (Å²) < 4.78 is 10.6. The number of β-lactam (4-membered cyclic amide) rings is 1. The molecule has 0 saturated carbocycles. The van der Waals surface area contributed by atoms with E-state index < -0.39 is 34.9 Å². The molecule has 2 N–H and O–H groups in total. The Balaban J connectivity index is 1.75. The minimum atomic E-state index is -0.805. The van der Waals surface area contributed by atoms with Gasteiger partial charge in [-0.05, 0) is 26.8 Å². The van der Waals surface area contributed by atoms with Gasteiger partial charge in [-0.15, -0.1) is 11.8 Å². The molecular weight excluding hydrogens is 464 g/mol. The van der Waals surface area contributed by atoms with E-state index in [2.05, 4.69) is 15.8 Å². The third-order valence-corrected chi connectivity index (χ3v) is 6.19. The number of rotatable bonds is 8. The topological polar surface area (TPSA) is 136 Å². The average molecular weight is 493 g/mol. The van der Waals surface area contributed by atoms with E-state index in [0.717, 1.165) is 0 Å². The predicted molar refractivity (Wildman–Crippen MR) is 123 cm³/mol. The summed E-state index contributed by atoms with van der Waals surface area (Å²) >= 11 is 1.37. The zero-order chi connectivity index (χ0) is 25.0. The lowest BCUT2D eigenvalue weighted by Gasteiger charge is -2.50. The lowest BCUT2D eigenvalue weighted by atomic mass is 10.0. The Hall–Kier alpha value is -3.12. The van der Waals surface area contributed by atoms with Crippen LogP contribution in [0.3, 0.4) is 0 Å². The number of hydrogen-bond donors (Lipinski definition) is 2. The van der Waals surface area contributed by atoms with Crippen molar-refractivity contribution in [3.8, 4) is 0 Å². The highest BCUT2D eigenvalue weighted by molar-refractivity contribution is 8.00. The molecular formula is C22H28N4O7S. The van der Waals surface area contributed by atoms with Crippen molar-refractivity contribution in [2.24, 2.45) is 0 Å². The Bertz CT molecular complexity index is 1020. The monoisotopic (exact) mass is 492 g/mol. The van der Waals surface area contributed by atoms with Gasteiger partial charge in [0.15, 0.2) is 5.82 Å². The van der Waals surface area contributed by atoms with Gasteiger partial charge in [0.25, 0.3) is 5.91 Å². The zero-order valence-corrected chi connectivity index (χ0v) is 20.5. The van der Waals surface area contributed by atoms with E-state index in [1.807, 2.05) is 0 Å². The summed E-state index contributed by atoms with van der Waals surface area (Å²) in [5.41, 5.74) is 2.97. The van der Waals surface area contributed by atoms with Crippen LogP contribution < -0.4 is 10.8 Å². The molecule has 0 radical (unpaired) electrons. The molecule has 3 rings (SSSR count). The Labute approximate surface area is 201 Å². The van der Waals surface area contributed by atoms with Gasteiger partial charge in [-0.2, -0.15) is 0 Å². The molecule has 12 heteroatoms. The molecule has 1 saturated heterocycles. The second kappa shape index (κ2) is 10.4. The van der Waals surface area contributed by atoms with Crippen LogP contribution in [0.2, 0.25) is 0 Å². The number of anilines is 1. The van der Waals surface area contributed by atoms with Gasteiger partial charge in [0.2, 0.25) is 5.91 Å². The van der Waals surface area contributed by atoms with Crippen LogP contribution in [0.5, 0.6) is 0 Å².